The van der Waals surface area contributed by atoms with Crippen molar-refractivity contribution in [2.45, 2.75) is 64.6 Å². The number of pyridine rings is 2. The molecule has 1 aliphatic heterocycles. The zero-order valence-electron chi connectivity index (χ0n) is 20.5. The van der Waals surface area contributed by atoms with Crippen LogP contribution < -0.4 is 15.6 Å². The van der Waals surface area contributed by atoms with Gasteiger partial charge in [0.15, 0.2) is 11.6 Å². The molecule has 3 atom stereocenters. The van der Waals surface area contributed by atoms with E-state index in [-0.39, 0.29) is 41.4 Å². The Labute approximate surface area is 202 Å². The summed E-state index contributed by atoms with van der Waals surface area (Å²) in [6, 6.07) is 1.31. The number of hydrogen-bond donors (Lipinski definition) is 1. The Hall–Kier alpha value is -3.17. The number of alkyl carbamates (subject to hydrolysis) is 1. The van der Waals surface area contributed by atoms with Gasteiger partial charge in [0.1, 0.15) is 16.8 Å². The molecule has 2 aliphatic carbocycles. The van der Waals surface area contributed by atoms with Crippen LogP contribution in [0.1, 0.15) is 63.4 Å². The Bertz CT molecular complexity index is 1250. The van der Waals surface area contributed by atoms with Crippen LogP contribution in [0.25, 0.3) is 11.0 Å². The molecule has 0 bridgehead atoms. The van der Waals surface area contributed by atoms with E-state index in [0.29, 0.717) is 24.7 Å². The number of hydrogen-bond acceptors (Lipinski definition) is 7. The number of anilines is 1. The van der Waals surface area contributed by atoms with E-state index in [1.54, 1.807) is 6.92 Å². The van der Waals surface area contributed by atoms with Gasteiger partial charge in [-0.05, 0) is 58.9 Å². The number of nitrogens with zero attached hydrogens (tertiary/aromatic N) is 3. The molecule has 3 fully saturated rings. The number of carbonyl (C=O) groups is 2. The molecule has 9 nitrogen and oxygen atoms in total. The zero-order chi connectivity index (χ0) is 25.1. The number of ether oxygens (including phenoxy) is 2. The van der Waals surface area contributed by atoms with E-state index in [2.05, 4.69) is 10.3 Å². The lowest BCUT2D eigenvalue weighted by Gasteiger charge is -2.28. The van der Waals surface area contributed by atoms with Crippen molar-refractivity contribution in [2.24, 2.45) is 11.8 Å². The highest BCUT2D eigenvalue weighted by molar-refractivity contribution is 5.93. The minimum absolute atomic E-state index is 0.00449. The number of rotatable bonds is 5. The Morgan fingerprint density at radius 1 is 1.23 bits per heavy atom. The van der Waals surface area contributed by atoms with Gasteiger partial charge in [-0.15, -0.1) is 0 Å². The zero-order valence-corrected chi connectivity index (χ0v) is 20.5. The van der Waals surface area contributed by atoms with Gasteiger partial charge < -0.3 is 24.3 Å². The standard InChI is InChI=1S/C25H31FN4O5/c1-5-34-23(32)17-12-30(13-6-7-13)21-15(20(17)31)10-18(26)22(28-21)29-9-8-14-16(11-29)19(14)27-24(33)35-25(2,3)4/h10,12-14,16,19H,5-9,11H2,1-4H3,(H,27,33). The normalized spacial score (nSPS) is 23.6. The smallest absolute Gasteiger partial charge is 0.407 e. The third-order valence-corrected chi connectivity index (χ3v) is 6.85. The van der Waals surface area contributed by atoms with Gasteiger partial charge in [0.25, 0.3) is 0 Å². The van der Waals surface area contributed by atoms with Crippen molar-refractivity contribution in [1.82, 2.24) is 14.9 Å². The summed E-state index contributed by atoms with van der Waals surface area (Å²) in [7, 11) is 0. The molecular formula is C25H31FN4O5. The van der Waals surface area contributed by atoms with Crippen molar-refractivity contribution in [3.63, 3.8) is 0 Å². The van der Waals surface area contributed by atoms with E-state index in [4.69, 9.17) is 9.47 Å². The van der Waals surface area contributed by atoms with E-state index < -0.39 is 28.9 Å². The highest BCUT2D eigenvalue weighted by Gasteiger charge is 2.54. The number of carbonyl (C=O) groups excluding carboxylic acids is 2. The molecule has 3 heterocycles. The fraction of sp³-hybridized carbons (Fsp3) is 0.600. The molecule has 0 radical (unpaired) electrons. The molecule has 1 amide bonds. The van der Waals surface area contributed by atoms with Gasteiger partial charge in [-0.1, -0.05) is 0 Å². The van der Waals surface area contributed by atoms with Crippen LogP contribution in [0.4, 0.5) is 15.0 Å². The molecule has 10 heteroatoms. The Morgan fingerprint density at radius 2 is 1.97 bits per heavy atom. The molecule has 3 unspecified atom stereocenters. The van der Waals surface area contributed by atoms with Crippen molar-refractivity contribution >= 4 is 28.9 Å². The van der Waals surface area contributed by atoms with Crippen LogP contribution in [0.5, 0.6) is 0 Å². The highest BCUT2D eigenvalue weighted by atomic mass is 19.1. The molecule has 5 rings (SSSR count). The maximum Gasteiger partial charge on any atom is 0.407 e. The van der Waals surface area contributed by atoms with Crippen LogP contribution in [0.3, 0.4) is 0 Å². The minimum Gasteiger partial charge on any atom is -0.462 e. The first-order valence-corrected chi connectivity index (χ1v) is 12.2. The second-order valence-corrected chi connectivity index (χ2v) is 10.6. The summed E-state index contributed by atoms with van der Waals surface area (Å²) in [5.74, 6) is -0.605. The third kappa shape index (κ3) is 4.58. The van der Waals surface area contributed by atoms with Crippen molar-refractivity contribution in [3.05, 3.63) is 33.9 Å². The molecule has 2 saturated carbocycles. The topological polar surface area (TPSA) is 103 Å². The molecule has 35 heavy (non-hydrogen) atoms. The Balaban J connectivity index is 1.41. The molecule has 2 aromatic rings. The van der Waals surface area contributed by atoms with Gasteiger partial charge in [0.2, 0.25) is 5.43 Å². The SMILES string of the molecule is CCOC(=O)c1cn(C2CC2)c2nc(N3CCC4C(C3)C4NC(=O)OC(C)(C)C)c(F)cc2c1=O. The summed E-state index contributed by atoms with van der Waals surface area (Å²) in [6.07, 6.45) is 3.66. The van der Waals surface area contributed by atoms with E-state index in [0.717, 1.165) is 19.3 Å². The van der Waals surface area contributed by atoms with E-state index in [1.165, 1.54) is 12.3 Å². The fourth-order valence-electron chi connectivity index (χ4n) is 5.03. The van der Waals surface area contributed by atoms with E-state index >= 15 is 4.39 Å². The monoisotopic (exact) mass is 486 g/mol. The summed E-state index contributed by atoms with van der Waals surface area (Å²) < 4.78 is 27.5. The molecule has 2 aromatic heterocycles. The maximum atomic E-state index is 15.3. The first-order chi connectivity index (χ1) is 16.6. The van der Waals surface area contributed by atoms with E-state index in [9.17, 15) is 14.4 Å². The Kier molecular flexibility index (Phi) is 5.72. The van der Waals surface area contributed by atoms with Gasteiger partial charge >= 0.3 is 12.1 Å². The van der Waals surface area contributed by atoms with Crippen LogP contribution in [0.2, 0.25) is 0 Å². The van der Waals surface area contributed by atoms with Crippen molar-refractivity contribution in [1.29, 1.82) is 0 Å². The van der Waals surface area contributed by atoms with Crippen molar-refractivity contribution in [2.75, 3.05) is 24.6 Å². The quantitative estimate of drug-likeness (QED) is 0.646. The summed E-state index contributed by atoms with van der Waals surface area (Å²) in [5.41, 5.74) is -0.868. The Morgan fingerprint density at radius 3 is 2.63 bits per heavy atom. The molecule has 3 aliphatic rings. The predicted molar refractivity (Wildman–Crippen MR) is 127 cm³/mol. The molecule has 1 saturated heterocycles. The largest absolute Gasteiger partial charge is 0.462 e. The molecule has 188 valence electrons. The molecule has 1 N–H and O–H groups in total. The number of aromatic nitrogens is 2. The summed E-state index contributed by atoms with van der Waals surface area (Å²) in [4.78, 5) is 44.0. The highest BCUT2D eigenvalue weighted by Crippen LogP contribution is 2.46. The van der Waals surface area contributed by atoms with Crippen molar-refractivity contribution < 1.29 is 23.5 Å². The number of fused-ring (bicyclic) bond motifs is 2. The summed E-state index contributed by atoms with van der Waals surface area (Å²) in [5, 5.41) is 3.02. The average molecular weight is 487 g/mol. The minimum atomic E-state index is -0.711. The lowest BCUT2D eigenvalue weighted by atomic mass is 10.1. The second kappa shape index (κ2) is 8.49. The van der Waals surface area contributed by atoms with Gasteiger partial charge in [-0.2, -0.15) is 0 Å². The molecule has 0 spiro atoms. The second-order valence-electron chi connectivity index (χ2n) is 10.6. The number of nitrogens with one attached hydrogen (secondary N) is 1. The van der Waals surface area contributed by atoms with Gasteiger partial charge in [0, 0.05) is 37.3 Å². The van der Waals surface area contributed by atoms with E-state index in [1.807, 2.05) is 30.2 Å². The average Bonchev–Trinajstić information content (AvgIpc) is 3.70. The van der Waals surface area contributed by atoms with Crippen LogP contribution in [0.15, 0.2) is 17.1 Å². The van der Waals surface area contributed by atoms with Gasteiger partial charge in [-0.25, -0.2) is 19.0 Å². The first kappa shape index (κ1) is 23.6. The van der Waals surface area contributed by atoms with Crippen LogP contribution in [0, 0.1) is 17.7 Å². The molecule has 0 aromatic carbocycles. The number of amides is 1. The maximum absolute atomic E-state index is 15.3. The lowest BCUT2D eigenvalue weighted by molar-refractivity contribution is 0.0511. The summed E-state index contributed by atoms with van der Waals surface area (Å²) in [6.45, 7) is 8.42. The van der Waals surface area contributed by atoms with Crippen LogP contribution >= 0.6 is 0 Å². The molecular weight excluding hydrogens is 455 g/mol. The van der Waals surface area contributed by atoms with Gasteiger partial charge in [-0.3, -0.25) is 4.79 Å². The predicted octanol–water partition coefficient (Wildman–Crippen LogP) is 3.40. The summed E-state index contributed by atoms with van der Waals surface area (Å²) >= 11 is 0. The van der Waals surface area contributed by atoms with Gasteiger partial charge in [0.05, 0.1) is 12.0 Å². The lowest BCUT2D eigenvalue weighted by Crippen LogP contribution is -2.35. The first-order valence-electron chi connectivity index (χ1n) is 12.2. The van der Waals surface area contributed by atoms with Crippen LogP contribution in [-0.2, 0) is 9.47 Å². The number of esters is 1. The van der Waals surface area contributed by atoms with Crippen molar-refractivity contribution in [3.8, 4) is 0 Å². The number of piperidine rings is 1. The number of halogens is 1. The fourth-order valence-corrected chi connectivity index (χ4v) is 5.03. The van der Waals surface area contributed by atoms with Crippen LogP contribution in [-0.4, -0.2) is 53.0 Å². The third-order valence-electron chi connectivity index (χ3n) is 6.85.